The van der Waals surface area contributed by atoms with Crippen LogP contribution in [0.3, 0.4) is 0 Å². The largest absolute Gasteiger partial charge is 0.507 e. The Hall–Kier alpha value is -5.44. The van der Waals surface area contributed by atoms with Gasteiger partial charge in [0, 0.05) is 44.9 Å². The molecule has 9 heteroatoms. The first kappa shape index (κ1) is 27.7. The highest BCUT2D eigenvalue weighted by molar-refractivity contribution is 6.33. The topological polar surface area (TPSA) is 163 Å². The van der Waals surface area contributed by atoms with Crippen molar-refractivity contribution >= 4 is 34.7 Å². The summed E-state index contributed by atoms with van der Waals surface area (Å²) in [6.45, 7) is 4.05. The number of phenolic OH excluding ortho intramolecular Hbond substituents is 3. The predicted octanol–water partition coefficient (Wildman–Crippen LogP) is 4.99. The average molecular weight is 577 g/mol. The van der Waals surface area contributed by atoms with E-state index in [2.05, 4.69) is 0 Å². The molecule has 3 aliphatic carbocycles. The third kappa shape index (κ3) is 3.57. The van der Waals surface area contributed by atoms with Crippen LogP contribution in [0.1, 0.15) is 89.3 Å². The summed E-state index contributed by atoms with van der Waals surface area (Å²) in [5.74, 6) is -7.19. The number of benzene rings is 3. The molecule has 3 aromatic carbocycles. The Bertz CT molecular complexity index is 1970. The van der Waals surface area contributed by atoms with Gasteiger partial charge in [0.2, 0.25) is 0 Å². The molecule has 0 aliphatic heterocycles. The van der Waals surface area contributed by atoms with E-state index in [0.717, 1.165) is 0 Å². The minimum Gasteiger partial charge on any atom is -0.507 e. The van der Waals surface area contributed by atoms with Gasteiger partial charge < -0.3 is 15.3 Å². The maximum absolute atomic E-state index is 14.5. The monoisotopic (exact) mass is 576 g/mol. The summed E-state index contributed by atoms with van der Waals surface area (Å²) in [7, 11) is 0. The van der Waals surface area contributed by atoms with Gasteiger partial charge >= 0.3 is 0 Å². The Morgan fingerprint density at radius 3 is 1.63 bits per heavy atom. The van der Waals surface area contributed by atoms with Crippen molar-refractivity contribution in [2.75, 3.05) is 0 Å². The zero-order valence-electron chi connectivity index (χ0n) is 23.3. The van der Waals surface area contributed by atoms with Crippen molar-refractivity contribution in [2.45, 2.75) is 27.2 Å². The van der Waals surface area contributed by atoms with E-state index in [-0.39, 0.29) is 55.7 Å². The molecule has 0 amide bonds. The second-order valence-electron chi connectivity index (χ2n) is 11.2. The van der Waals surface area contributed by atoms with E-state index < -0.39 is 69.7 Å². The van der Waals surface area contributed by atoms with E-state index in [1.54, 1.807) is 0 Å². The van der Waals surface area contributed by atoms with Crippen LogP contribution in [0, 0.1) is 11.3 Å². The molecule has 0 unspecified atom stereocenters. The highest BCUT2D eigenvalue weighted by atomic mass is 16.3. The number of rotatable bonds is 3. The number of allylic oxidation sites excluding steroid dienone is 4. The quantitative estimate of drug-likeness (QED) is 0.390. The Morgan fingerprint density at radius 1 is 0.605 bits per heavy atom. The number of hydrogen-bond acceptors (Lipinski definition) is 9. The van der Waals surface area contributed by atoms with Crippen molar-refractivity contribution in [1.29, 1.82) is 0 Å². The van der Waals surface area contributed by atoms with Crippen LogP contribution in [-0.2, 0) is 0 Å². The summed E-state index contributed by atoms with van der Waals surface area (Å²) in [4.78, 5) is 83.4. The molecule has 9 nitrogen and oxygen atoms in total. The summed E-state index contributed by atoms with van der Waals surface area (Å²) >= 11 is 0. The summed E-state index contributed by atoms with van der Waals surface area (Å²) in [5, 5.41) is 31.8. The number of aromatic hydroxyl groups is 3. The molecule has 3 N–H and O–H groups in total. The Balaban J connectivity index is 1.61. The summed E-state index contributed by atoms with van der Waals surface area (Å²) in [6, 6.07) is 12.0. The number of carbonyl (C=O) groups excluding carboxylic acids is 6. The van der Waals surface area contributed by atoms with Crippen LogP contribution in [0.5, 0.6) is 17.2 Å². The average Bonchev–Trinajstić information content (AvgIpc) is 2.97. The van der Waals surface area contributed by atoms with Crippen LogP contribution in [0.25, 0.3) is 0 Å². The molecule has 0 saturated carbocycles. The molecule has 6 rings (SSSR count). The zero-order valence-corrected chi connectivity index (χ0v) is 23.3. The van der Waals surface area contributed by atoms with E-state index in [1.165, 1.54) is 75.4 Å². The SMILES string of the molecule is CC1=C(C[C@H]2C(=O)c3cccc(O)c3C(=O)[C@]2(C)C2=C(C)C(=O)c3cccc(O)c3C2=O)C(=O)c2c(O)cccc2C1=O. The lowest BCUT2D eigenvalue weighted by Crippen LogP contribution is -2.50. The smallest absolute Gasteiger partial charge is 0.194 e. The third-order valence-electron chi connectivity index (χ3n) is 8.99. The van der Waals surface area contributed by atoms with Crippen molar-refractivity contribution in [3.8, 4) is 17.2 Å². The first-order valence-electron chi connectivity index (χ1n) is 13.5. The maximum Gasteiger partial charge on any atom is 0.194 e. The van der Waals surface area contributed by atoms with Crippen LogP contribution in [-0.4, -0.2) is 50.0 Å². The van der Waals surface area contributed by atoms with E-state index in [9.17, 15) is 44.1 Å². The minimum absolute atomic E-state index is 0.00554. The maximum atomic E-state index is 14.5. The van der Waals surface area contributed by atoms with E-state index in [1.807, 2.05) is 0 Å². The lowest BCUT2D eigenvalue weighted by atomic mass is 9.55. The second-order valence-corrected chi connectivity index (χ2v) is 11.2. The second kappa shape index (κ2) is 9.29. The molecule has 0 saturated heterocycles. The fraction of sp³-hybridized carbons (Fsp3) is 0.176. The summed E-state index contributed by atoms with van der Waals surface area (Å²) in [6.07, 6.45) is -0.494. The normalized spacial score (nSPS) is 21.7. The predicted molar refractivity (Wildman–Crippen MR) is 152 cm³/mol. The molecule has 3 aliphatic rings. The van der Waals surface area contributed by atoms with Gasteiger partial charge in [0.05, 0.1) is 22.1 Å². The molecular weight excluding hydrogens is 552 g/mol. The Labute approximate surface area is 244 Å². The molecule has 0 aromatic heterocycles. The number of Topliss-reactive ketones (excluding diaryl/α,β-unsaturated/α-hetero) is 6. The van der Waals surface area contributed by atoms with Crippen LogP contribution in [0.15, 0.2) is 76.9 Å². The molecular formula is C34H24O9. The lowest BCUT2D eigenvalue weighted by Gasteiger charge is -2.43. The van der Waals surface area contributed by atoms with Crippen molar-refractivity contribution in [1.82, 2.24) is 0 Å². The van der Waals surface area contributed by atoms with Gasteiger partial charge in [-0.3, -0.25) is 28.8 Å². The fourth-order valence-electron chi connectivity index (χ4n) is 6.72. The molecule has 214 valence electrons. The first-order chi connectivity index (χ1) is 20.3. The van der Waals surface area contributed by atoms with Crippen molar-refractivity contribution in [2.24, 2.45) is 11.3 Å². The first-order valence-corrected chi connectivity index (χ1v) is 13.5. The summed E-state index contributed by atoms with van der Waals surface area (Å²) < 4.78 is 0. The van der Waals surface area contributed by atoms with Gasteiger partial charge in [0.15, 0.2) is 34.7 Å². The van der Waals surface area contributed by atoms with Gasteiger partial charge in [0.25, 0.3) is 0 Å². The highest BCUT2D eigenvalue weighted by Crippen LogP contribution is 2.53. The van der Waals surface area contributed by atoms with Crippen LogP contribution >= 0.6 is 0 Å². The van der Waals surface area contributed by atoms with Crippen LogP contribution in [0.4, 0.5) is 0 Å². The van der Waals surface area contributed by atoms with Crippen LogP contribution in [0.2, 0.25) is 0 Å². The number of hydrogen-bond donors (Lipinski definition) is 3. The standard InChI is InChI=1S/C34H24O9/c1-14-19(31(41)24-16(28(14)38)7-4-10-21(24)35)13-20-30(40)18-9-6-12-23(37)26(18)33(43)34(20,3)27-15(2)29(39)17-8-5-11-22(36)25(17)32(27)42/h4-12,20,35-37H,13H2,1-3H3/t20-,34-/m0/s1. The van der Waals surface area contributed by atoms with Crippen molar-refractivity contribution in [3.05, 3.63) is 110 Å². The number of carbonyl (C=O) groups is 6. The van der Waals surface area contributed by atoms with E-state index >= 15 is 0 Å². The van der Waals surface area contributed by atoms with Crippen LogP contribution < -0.4 is 0 Å². The van der Waals surface area contributed by atoms with Gasteiger partial charge in [-0.05, 0) is 45.4 Å². The zero-order chi connectivity index (χ0) is 31.1. The molecule has 0 fully saturated rings. The van der Waals surface area contributed by atoms with Crippen molar-refractivity contribution < 1.29 is 44.1 Å². The molecule has 0 heterocycles. The number of phenols is 3. The molecule has 2 atom stereocenters. The van der Waals surface area contributed by atoms with Gasteiger partial charge in [-0.25, -0.2) is 0 Å². The molecule has 0 bridgehead atoms. The molecule has 0 radical (unpaired) electrons. The summed E-state index contributed by atoms with van der Waals surface area (Å²) in [5.41, 5.74) is -3.82. The molecule has 0 spiro atoms. The highest BCUT2D eigenvalue weighted by Gasteiger charge is 2.58. The van der Waals surface area contributed by atoms with Gasteiger partial charge in [-0.1, -0.05) is 36.4 Å². The third-order valence-corrected chi connectivity index (χ3v) is 8.99. The molecule has 43 heavy (non-hydrogen) atoms. The van der Waals surface area contributed by atoms with E-state index in [4.69, 9.17) is 0 Å². The van der Waals surface area contributed by atoms with Crippen molar-refractivity contribution in [3.63, 3.8) is 0 Å². The van der Waals surface area contributed by atoms with Gasteiger partial charge in [0.1, 0.15) is 17.2 Å². The number of ketones is 6. The van der Waals surface area contributed by atoms with Gasteiger partial charge in [-0.15, -0.1) is 0 Å². The minimum atomic E-state index is -2.12. The number of fused-ring (bicyclic) bond motifs is 3. The Morgan fingerprint density at radius 2 is 1.07 bits per heavy atom. The fourth-order valence-corrected chi connectivity index (χ4v) is 6.72. The Kier molecular flexibility index (Phi) is 5.99. The molecule has 3 aromatic rings. The van der Waals surface area contributed by atoms with Gasteiger partial charge in [-0.2, -0.15) is 0 Å². The van der Waals surface area contributed by atoms with E-state index in [0.29, 0.717) is 0 Å². The lowest BCUT2D eigenvalue weighted by molar-refractivity contribution is 0.0611.